The molecule has 0 aliphatic heterocycles. The van der Waals surface area contributed by atoms with Crippen LogP contribution in [0.1, 0.15) is 15.2 Å². The zero-order chi connectivity index (χ0) is 15.9. The number of nitrogens with zero attached hydrogens (tertiary/aromatic N) is 1. The van der Waals surface area contributed by atoms with E-state index in [1.165, 1.54) is 16.2 Å². The molecule has 0 aliphatic carbocycles. The lowest BCUT2D eigenvalue weighted by Gasteiger charge is -2.16. The lowest BCUT2D eigenvalue weighted by Crippen LogP contribution is -2.34. The van der Waals surface area contributed by atoms with Crippen molar-refractivity contribution in [2.75, 3.05) is 25.5 Å². The molecule has 0 radical (unpaired) electrons. The fourth-order valence-electron chi connectivity index (χ4n) is 1.96. The largest absolute Gasteiger partial charge is 0.396 e. The topological polar surface area (TPSA) is 69.6 Å². The predicted molar refractivity (Wildman–Crippen MR) is 87.1 cm³/mol. The molecule has 6 heteroatoms. The zero-order valence-corrected chi connectivity index (χ0v) is 13.1. The van der Waals surface area contributed by atoms with Crippen LogP contribution in [0.15, 0.2) is 41.8 Å². The van der Waals surface area contributed by atoms with Gasteiger partial charge in [0.1, 0.15) is 0 Å². The molecule has 2 rings (SSSR count). The summed E-state index contributed by atoms with van der Waals surface area (Å²) in [6, 6.07) is 10.8. The number of benzene rings is 1. The van der Waals surface area contributed by atoms with Crippen molar-refractivity contribution in [3.8, 4) is 0 Å². The van der Waals surface area contributed by atoms with Gasteiger partial charge in [-0.15, -0.1) is 11.3 Å². The molecule has 2 amide bonds. The molecule has 0 fully saturated rings. The third-order valence-electron chi connectivity index (χ3n) is 3.10. The van der Waals surface area contributed by atoms with Gasteiger partial charge in [-0.3, -0.25) is 9.59 Å². The zero-order valence-electron chi connectivity index (χ0n) is 12.3. The molecule has 0 unspecified atom stereocenters. The first-order chi connectivity index (χ1) is 10.6. The number of anilines is 1. The summed E-state index contributed by atoms with van der Waals surface area (Å²) in [6.07, 6.45) is 0.590. The van der Waals surface area contributed by atoms with E-state index in [0.717, 1.165) is 5.56 Å². The first-order valence-corrected chi connectivity index (χ1v) is 7.76. The van der Waals surface area contributed by atoms with Crippen LogP contribution in [0.25, 0.3) is 0 Å². The van der Waals surface area contributed by atoms with Gasteiger partial charge in [-0.1, -0.05) is 18.2 Å². The number of nitrogens with one attached hydrogen (secondary N) is 1. The quantitative estimate of drug-likeness (QED) is 0.856. The van der Waals surface area contributed by atoms with Gasteiger partial charge in [0, 0.05) is 19.3 Å². The van der Waals surface area contributed by atoms with Crippen LogP contribution < -0.4 is 5.32 Å². The Labute approximate surface area is 133 Å². The maximum atomic E-state index is 12.0. The van der Waals surface area contributed by atoms with E-state index in [2.05, 4.69) is 5.32 Å². The highest BCUT2D eigenvalue weighted by Gasteiger charge is 2.15. The Morgan fingerprint density at radius 3 is 2.55 bits per heavy atom. The van der Waals surface area contributed by atoms with E-state index in [1.54, 1.807) is 31.3 Å². The Balaban J connectivity index is 1.88. The number of amides is 2. The Kier molecular flexibility index (Phi) is 5.68. The van der Waals surface area contributed by atoms with E-state index < -0.39 is 0 Å². The number of rotatable bonds is 6. The molecule has 1 heterocycles. The Morgan fingerprint density at radius 2 is 1.95 bits per heavy atom. The van der Waals surface area contributed by atoms with Crippen molar-refractivity contribution in [1.82, 2.24) is 4.90 Å². The molecular formula is C16H18N2O3S. The van der Waals surface area contributed by atoms with Gasteiger partial charge in [-0.2, -0.15) is 0 Å². The third-order valence-corrected chi connectivity index (χ3v) is 3.96. The molecule has 0 bridgehead atoms. The summed E-state index contributed by atoms with van der Waals surface area (Å²) in [5, 5.41) is 13.4. The van der Waals surface area contributed by atoms with Crippen LogP contribution in [0.2, 0.25) is 0 Å². The first-order valence-electron chi connectivity index (χ1n) is 6.89. The molecule has 0 atom stereocenters. The smallest absolute Gasteiger partial charge is 0.264 e. The van der Waals surface area contributed by atoms with Crippen molar-refractivity contribution in [2.45, 2.75) is 6.42 Å². The van der Waals surface area contributed by atoms with Crippen LogP contribution in [0.4, 0.5) is 5.69 Å². The molecule has 1 aromatic heterocycles. The summed E-state index contributed by atoms with van der Waals surface area (Å²) in [5.74, 6) is -0.411. The highest BCUT2D eigenvalue weighted by atomic mass is 32.1. The summed E-state index contributed by atoms with van der Waals surface area (Å²) in [7, 11) is 1.60. The van der Waals surface area contributed by atoms with Crippen molar-refractivity contribution in [3.05, 3.63) is 52.2 Å². The lowest BCUT2D eigenvalue weighted by molar-refractivity contribution is -0.116. The van der Waals surface area contributed by atoms with E-state index in [9.17, 15) is 9.59 Å². The average molecular weight is 318 g/mol. The van der Waals surface area contributed by atoms with Crippen molar-refractivity contribution in [1.29, 1.82) is 0 Å². The fraction of sp³-hybridized carbons (Fsp3) is 0.250. The molecule has 1 aromatic carbocycles. The van der Waals surface area contributed by atoms with E-state index >= 15 is 0 Å². The highest BCUT2D eigenvalue weighted by molar-refractivity contribution is 7.12. The highest BCUT2D eigenvalue weighted by Crippen LogP contribution is 2.12. The second-order valence-electron chi connectivity index (χ2n) is 4.86. The van der Waals surface area contributed by atoms with Crippen LogP contribution >= 0.6 is 11.3 Å². The summed E-state index contributed by atoms with van der Waals surface area (Å²) in [5.41, 5.74) is 1.68. The number of carbonyl (C=O) groups is 2. The summed E-state index contributed by atoms with van der Waals surface area (Å²) >= 11 is 1.35. The predicted octanol–water partition coefficient (Wildman–Crippen LogP) is 1.99. The van der Waals surface area contributed by atoms with Crippen molar-refractivity contribution < 1.29 is 14.7 Å². The van der Waals surface area contributed by atoms with Gasteiger partial charge in [-0.25, -0.2) is 0 Å². The molecule has 0 saturated carbocycles. The number of hydrogen-bond donors (Lipinski definition) is 2. The molecular weight excluding hydrogens is 300 g/mol. The monoisotopic (exact) mass is 318 g/mol. The molecule has 22 heavy (non-hydrogen) atoms. The van der Waals surface area contributed by atoms with Gasteiger partial charge in [0.05, 0.1) is 11.4 Å². The van der Waals surface area contributed by atoms with E-state index in [-0.39, 0.29) is 25.0 Å². The molecule has 116 valence electrons. The van der Waals surface area contributed by atoms with Crippen LogP contribution in [0.5, 0.6) is 0 Å². The summed E-state index contributed by atoms with van der Waals surface area (Å²) in [4.78, 5) is 26.0. The summed E-state index contributed by atoms with van der Waals surface area (Å²) < 4.78 is 0. The SMILES string of the molecule is CN(CC(=O)Nc1ccc(CCO)cc1)C(=O)c1cccs1. The van der Waals surface area contributed by atoms with Crippen molar-refractivity contribution in [2.24, 2.45) is 0 Å². The molecule has 0 spiro atoms. The second-order valence-corrected chi connectivity index (χ2v) is 5.80. The van der Waals surface area contributed by atoms with Crippen molar-refractivity contribution in [3.63, 3.8) is 0 Å². The Hall–Kier alpha value is -2.18. The number of thiophene rings is 1. The van der Waals surface area contributed by atoms with Crippen LogP contribution in [0, 0.1) is 0 Å². The second kappa shape index (κ2) is 7.72. The molecule has 2 N–H and O–H groups in total. The Morgan fingerprint density at radius 1 is 1.23 bits per heavy atom. The standard InChI is InChI=1S/C16H18N2O3S/c1-18(16(21)14-3-2-10-22-14)11-15(20)17-13-6-4-12(5-7-13)8-9-19/h2-7,10,19H,8-9,11H2,1H3,(H,17,20). The van der Waals surface area contributed by atoms with E-state index in [4.69, 9.17) is 5.11 Å². The van der Waals surface area contributed by atoms with Gasteiger partial charge >= 0.3 is 0 Å². The maximum Gasteiger partial charge on any atom is 0.264 e. The molecule has 5 nitrogen and oxygen atoms in total. The fourth-order valence-corrected chi connectivity index (χ4v) is 2.68. The van der Waals surface area contributed by atoms with Gasteiger partial charge in [0.25, 0.3) is 5.91 Å². The van der Waals surface area contributed by atoms with Crippen LogP contribution in [-0.4, -0.2) is 42.0 Å². The summed E-state index contributed by atoms with van der Waals surface area (Å²) in [6.45, 7) is 0.0937. The maximum absolute atomic E-state index is 12.0. The van der Waals surface area contributed by atoms with Crippen LogP contribution in [-0.2, 0) is 11.2 Å². The minimum atomic E-state index is -0.248. The van der Waals surface area contributed by atoms with E-state index in [1.807, 2.05) is 17.5 Å². The number of hydrogen-bond acceptors (Lipinski definition) is 4. The minimum absolute atomic E-state index is 0.00484. The van der Waals surface area contributed by atoms with Gasteiger partial charge in [0.2, 0.25) is 5.91 Å². The molecule has 0 aliphatic rings. The van der Waals surface area contributed by atoms with Gasteiger partial charge in [-0.05, 0) is 35.6 Å². The lowest BCUT2D eigenvalue weighted by atomic mass is 10.1. The van der Waals surface area contributed by atoms with E-state index in [0.29, 0.717) is 17.0 Å². The normalized spacial score (nSPS) is 10.3. The number of likely N-dealkylation sites (N-methyl/N-ethyl adjacent to an activating group) is 1. The average Bonchev–Trinajstić information content (AvgIpc) is 3.03. The molecule has 0 saturated heterocycles. The van der Waals surface area contributed by atoms with Crippen molar-refractivity contribution >= 4 is 28.8 Å². The molecule has 2 aromatic rings. The first kappa shape index (κ1) is 16.2. The number of carbonyl (C=O) groups excluding carboxylic acids is 2. The number of aliphatic hydroxyl groups excluding tert-OH is 1. The van der Waals surface area contributed by atoms with Gasteiger partial charge in [0.15, 0.2) is 0 Å². The third kappa shape index (κ3) is 4.41. The Bertz CT molecular complexity index is 623. The van der Waals surface area contributed by atoms with Gasteiger partial charge < -0.3 is 15.3 Å². The minimum Gasteiger partial charge on any atom is -0.396 e. The number of aliphatic hydroxyl groups is 1. The van der Waals surface area contributed by atoms with Crippen LogP contribution in [0.3, 0.4) is 0 Å².